The third kappa shape index (κ3) is 5.94. The minimum atomic E-state index is -1.00. The first-order valence-electron chi connectivity index (χ1n) is 9.70. The van der Waals surface area contributed by atoms with Gasteiger partial charge in [0.25, 0.3) is 0 Å². The minimum absolute atomic E-state index is 0.226. The molecule has 3 aromatic carbocycles. The van der Waals surface area contributed by atoms with Gasteiger partial charge in [0.1, 0.15) is 25.2 Å². The molecule has 3 rings (SSSR count). The average molecular weight is 414 g/mol. The second-order valence-electron chi connectivity index (χ2n) is 6.83. The van der Waals surface area contributed by atoms with Gasteiger partial charge in [-0.15, -0.1) is 0 Å². The second kappa shape index (κ2) is 10.6. The number of carboxylic acid groups (broad SMARTS) is 1. The first kappa shape index (κ1) is 21.6. The topological polar surface area (TPSA) is 91.9 Å². The number of hydrogen-bond donors (Lipinski definition) is 1. The predicted octanol–water partition coefficient (Wildman–Crippen LogP) is 4.75. The van der Waals surface area contributed by atoms with Gasteiger partial charge in [0.05, 0.1) is 18.4 Å². The van der Waals surface area contributed by atoms with Crippen molar-refractivity contribution in [3.05, 3.63) is 101 Å². The van der Waals surface area contributed by atoms with E-state index in [0.717, 1.165) is 22.4 Å². The van der Waals surface area contributed by atoms with E-state index in [0.29, 0.717) is 17.9 Å². The van der Waals surface area contributed by atoms with E-state index in [2.05, 4.69) is 5.16 Å². The Labute approximate surface area is 181 Å². The van der Waals surface area contributed by atoms with Crippen LogP contribution in [0.2, 0.25) is 0 Å². The minimum Gasteiger partial charge on any atom is -0.489 e. The van der Waals surface area contributed by atoms with Crippen LogP contribution in [-0.4, -0.2) is 23.9 Å². The van der Waals surface area contributed by atoms with Crippen molar-refractivity contribution in [1.82, 2.24) is 0 Å². The number of carbonyl (C=O) groups is 1. The zero-order valence-corrected chi connectivity index (χ0v) is 17.1. The van der Waals surface area contributed by atoms with Crippen LogP contribution in [-0.2, 0) is 16.2 Å². The van der Waals surface area contributed by atoms with Crippen LogP contribution >= 0.6 is 0 Å². The number of rotatable bonds is 9. The van der Waals surface area contributed by atoms with E-state index in [1.54, 1.807) is 24.3 Å². The molecule has 0 radical (unpaired) electrons. The lowest BCUT2D eigenvalue weighted by atomic mass is 9.97. The molecule has 0 bridgehead atoms. The van der Waals surface area contributed by atoms with E-state index in [1.165, 1.54) is 7.11 Å². The summed E-state index contributed by atoms with van der Waals surface area (Å²) >= 11 is 0. The Kier molecular flexibility index (Phi) is 7.39. The van der Waals surface area contributed by atoms with Crippen molar-refractivity contribution in [3.8, 4) is 11.8 Å². The van der Waals surface area contributed by atoms with E-state index in [1.807, 2.05) is 60.7 Å². The van der Waals surface area contributed by atoms with Gasteiger partial charge in [-0.3, -0.25) is 4.79 Å². The summed E-state index contributed by atoms with van der Waals surface area (Å²) in [6.07, 6.45) is -0.226. The van der Waals surface area contributed by atoms with Gasteiger partial charge in [0, 0.05) is 11.1 Å². The summed E-state index contributed by atoms with van der Waals surface area (Å²) in [6, 6.07) is 26.6. The predicted molar refractivity (Wildman–Crippen MR) is 117 cm³/mol. The Morgan fingerprint density at radius 2 is 1.74 bits per heavy atom. The van der Waals surface area contributed by atoms with Gasteiger partial charge in [-0.25, -0.2) is 0 Å². The van der Waals surface area contributed by atoms with Gasteiger partial charge >= 0.3 is 5.97 Å². The van der Waals surface area contributed by atoms with Crippen LogP contribution in [0.4, 0.5) is 0 Å². The van der Waals surface area contributed by atoms with Crippen LogP contribution in [0.1, 0.15) is 34.6 Å². The zero-order chi connectivity index (χ0) is 22.1. The molecule has 0 heterocycles. The van der Waals surface area contributed by atoms with Gasteiger partial charge in [0.15, 0.2) is 0 Å². The molecule has 1 N–H and O–H groups in total. The highest BCUT2D eigenvalue weighted by Gasteiger charge is 2.15. The summed E-state index contributed by atoms with van der Waals surface area (Å²) in [6.45, 7) is 0.346. The Balaban J connectivity index is 1.71. The maximum Gasteiger partial charge on any atom is 0.305 e. The lowest BCUT2D eigenvalue weighted by Gasteiger charge is -2.11. The molecule has 6 nitrogen and oxygen atoms in total. The fourth-order valence-corrected chi connectivity index (χ4v) is 3.14. The highest BCUT2D eigenvalue weighted by atomic mass is 16.6. The lowest BCUT2D eigenvalue weighted by Crippen LogP contribution is -2.06. The molecule has 0 aliphatic carbocycles. The van der Waals surface area contributed by atoms with Crippen LogP contribution in [0, 0.1) is 11.3 Å². The summed E-state index contributed by atoms with van der Waals surface area (Å²) < 4.78 is 5.87. The largest absolute Gasteiger partial charge is 0.489 e. The van der Waals surface area contributed by atoms with Crippen molar-refractivity contribution in [2.45, 2.75) is 18.9 Å². The molecule has 0 fully saturated rings. The molecule has 0 saturated heterocycles. The van der Waals surface area contributed by atoms with Gasteiger partial charge in [-0.05, 0) is 29.3 Å². The molecule has 0 aliphatic rings. The van der Waals surface area contributed by atoms with Crippen LogP contribution in [0.25, 0.3) is 0 Å². The highest BCUT2D eigenvalue weighted by molar-refractivity contribution is 6.12. The van der Waals surface area contributed by atoms with Crippen LogP contribution in [0.15, 0.2) is 84.0 Å². The molecule has 31 heavy (non-hydrogen) atoms. The number of hydrogen-bond acceptors (Lipinski definition) is 5. The number of benzene rings is 3. The third-order valence-corrected chi connectivity index (χ3v) is 4.65. The number of nitriles is 1. The quantitative estimate of drug-likeness (QED) is 0.403. The summed E-state index contributed by atoms with van der Waals surface area (Å²) in [5.41, 5.74) is 4.21. The maximum absolute atomic E-state index is 10.9. The number of oxime groups is 1. The molecular formula is C25H22N2O4. The number of ether oxygens (including phenoxy) is 1. The standard InChI is InChI=1S/C25H22N2O4/c1-30-27-25(20-7-3-2-4-8-20)21-9-5-6-18(14-21)17-31-23-12-10-19(11-13-23)22(16-26)15-24(28)29/h2-14,22H,15,17H2,1H3,(H,28,29). The average Bonchev–Trinajstić information content (AvgIpc) is 2.80. The fourth-order valence-electron chi connectivity index (χ4n) is 3.14. The Morgan fingerprint density at radius 1 is 1.03 bits per heavy atom. The molecule has 6 heteroatoms. The first-order chi connectivity index (χ1) is 15.1. The van der Waals surface area contributed by atoms with Crippen molar-refractivity contribution in [2.24, 2.45) is 5.16 Å². The molecule has 1 atom stereocenters. The van der Waals surface area contributed by atoms with Crippen molar-refractivity contribution in [2.75, 3.05) is 7.11 Å². The number of nitrogens with zero attached hydrogens (tertiary/aromatic N) is 2. The molecule has 0 aromatic heterocycles. The monoisotopic (exact) mass is 414 g/mol. The Bertz CT molecular complexity index is 1090. The van der Waals surface area contributed by atoms with E-state index in [9.17, 15) is 10.1 Å². The summed E-state index contributed by atoms with van der Waals surface area (Å²) in [5.74, 6) is -1.05. The maximum atomic E-state index is 10.9. The molecule has 156 valence electrons. The van der Waals surface area contributed by atoms with E-state index in [-0.39, 0.29) is 6.42 Å². The Hall–Kier alpha value is -4.11. The van der Waals surface area contributed by atoms with E-state index < -0.39 is 11.9 Å². The molecule has 3 aromatic rings. The van der Waals surface area contributed by atoms with Gasteiger partial charge in [-0.2, -0.15) is 5.26 Å². The molecule has 0 aliphatic heterocycles. The van der Waals surface area contributed by atoms with Gasteiger partial charge < -0.3 is 14.7 Å². The lowest BCUT2D eigenvalue weighted by molar-refractivity contribution is -0.137. The fraction of sp³-hybridized carbons (Fsp3) is 0.160. The van der Waals surface area contributed by atoms with Crippen molar-refractivity contribution in [1.29, 1.82) is 5.26 Å². The van der Waals surface area contributed by atoms with Gasteiger partial charge in [-0.1, -0.05) is 65.8 Å². The molecular weight excluding hydrogens is 392 g/mol. The van der Waals surface area contributed by atoms with E-state index in [4.69, 9.17) is 14.7 Å². The SMILES string of the molecule is CON=C(c1ccccc1)c1cccc(COc2ccc(C(C#N)CC(=O)O)cc2)c1. The van der Waals surface area contributed by atoms with Crippen molar-refractivity contribution in [3.63, 3.8) is 0 Å². The zero-order valence-electron chi connectivity index (χ0n) is 17.1. The van der Waals surface area contributed by atoms with Crippen molar-refractivity contribution < 1.29 is 19.5 Å². The third-order valence-electron chi connectivity index (χ3n) is 4.65. The normalized spacial score (nSPS) is 11.9. The first-order valence-corrected chi connectivity index (χ1v) is 9.70. The Morgan fingerprint density at radius 3 is 2.39 bits per heavy atom. The van der Waals surface area contributed by atoms with Crippen LogP contribution in [0.5, 0.6) is 5.75 Å². The number of carboxylic acids is 1. The number of aliphatic carboxylic acids is 1. The second-order valence-corrected chi connectivity index (χ2v) is 6.83. The molecule has 0 saturated carbocycles. The summed E-state index contributed by atoms with van der Waals surface area (Å²) in [5, 5.41) is 22.3. The highest BCUT2D eigenvalue weighted by Crippen LogP contribution is 2.23. The van der Waals surface area contributed by atoms with Crippen LogP contribution < -0.4 is 4.74 Å². The van der Waals surface area contributed by atoms with Gasteiger partial charge in [0.2, 0.25) is 0 Å². The summed E-state index contributed by atoms with van der Waals surface area (Å²) in [7, 11) is 1.52. The van der Waals surface area contributed by atoms with E-state index >= 15 is 0 Å². The molecule has 0 spiro atoms. The molecule has 1 unspecified atom stereocenters. The van der Waals surface area contributed by atoms with Crippen LogP contribution in [0.3, 0.4) is 0 Å². The smallest absolute Gasteiger partial charge is 0.305 e. The summed E-state index contributed by atoms with van der Waals surface area (Å²) in [4.78, 5) is 15.9. The molecule has 0 amide bonds. The van der Waals surface area contributed by atoms with Crippen molar-refractivity contribution >= 4 is 11.7 Å².